The Balaban J connectivity index is 1.60. The van der Waals surface area contributed by atoms with Crippen LogP contribution in [0.4, 0.5) is 5.82 Å². The third-order valence-corrected chi connectivity index (χ3v) is 3.19. The molecule has 0 unspecified atom stereocenters. The number of nitriles is 1. The second kappa shape index (κ2) is 5.17. The topological polar surface area (TPSA) is 62.0 Å². The van der Waals surface area contributed by atoms with E-state index in [-0.39, 0.29) is 6.10 Å². The molecule has 0 radical (unpaired) electrons. The van der Waals surface area contributed by atoms with Gasteiger partial charge in [0.2, 0.25) is 0 Å². The van der Waals surface area contributed by atoms with Crippen molar-refractivity contribution in [2.45, 2.75) is 13.0 Å². The number of aryl methyl sites for hydroxylation is 1. The number of pyridine rings is 2. The fraction of sp³-hybridized carbons (Fsp3) is 0.267. The quantitative estimate of drug-likeness (QED) is 0.849. The van der Waals surface area contributed by atoms with Gasteiger partial charge in [0.05, 0.1) is 13.1 Å². The summed E-state index contributed by atoms with van der Waals surface area (Å²) in [6, 6.07) is 11.3. The minimum atomic E-state index is 0.157. The van der Waals surface area contributed by atoms with E-state index in [0.29, 0.717) is 5.69 Å². The number of rotatable bonds is 3. The van der Waals surface area contributed by atoms with Gasteiger partial charge in [-0.05, 0) is 25.1 Å². The second-order valence-corrected chi connectivity index (χ2v) is 4.77. The summed E-state index contributed by atoms with van der Waals surface area (Å²) in [7, 11) is 0. The maximum Gasteiger partial charge on any atom is 0.142 e. The Bertz CT molecular complexity index is 659. The highest BCUT2D eigenvalue weighted by molar-refractivity contribution is 5.44. The van der Waals surface area contributed by atoms with Crippen LogP contribution in [0.15, 0.2) is 36.5 Å². The Morgan fingerprint density at radius 2 is 2.20 bits per heavy atom. The first-order valence-corrected chi connectivity index (χ1v) is 6.46. The molecule has 20 heavy (non-hydrogen) atoms. The summed E-state index contributed by atoms with van der Waals surface area (Å²) >= 11 is 0. The average molecular weight is 266 g/mol. The lowest BCUT2D eigenvalue weighted by Crippen LogP contribution is -2.54. The average Bonchev–Trinajstić information content (AvgIpc) is 2.42. The zero-order valence-electron chi connectivity index (χ0n) is 11.2. The molecule has 1 aliphatic heterocycles. The first kappa shape index (κ1) is 12.4. The lowest BCUT2D eigenvalue weighted by Gasteiger charge is -2.39. The minimum Gasteiger partial charge on any atom is -0.487 e. The molecule has 0 saturated carbocycles. The predicted octanol–water partition coefficient (Wildman–Crippen LogP) is 1.92. The van der Waals surface area contributed by atoms with Crippen LogP contribution < -0.4 is 9.64 Å². The molecule has 0 N–H and O–H groups in total. The minimum absolute atomic E-state index is 0.157. The van der Waals surface area contributed by atoms with Crippen LogP contribution in [0.2, 0.25) is 0 Å². The van der Waals surface area contributed by atoms with Gasteiger partial charge in [0.25, 0.3) is 0 Å². The highest BCUT2D eigenvalue weighted by Gasteiger charge is 2.29. The molecule has 5 nitrogen and oxygen atoms in total. The molecular weight excluding hydrogens is 252 g/mol. The van der Waals surface area contributed by atoms with Gasteiger partial charge in [0.15, 0.2) is 0 Å². The Kier molecular flexibility index (Phi) is 3.21. The lowest BCUT2D eigenvalue weighted by molar-refractivity contribution is 0.166. The van der Waals surface area contributed by atoms with E-state index in [1.807, 2.05) is 31.2 Å². The van der Waals surface area contributed by atoms with Crippen molar-refractivity contribution in [1.29, 1.82) is 5.26 Å². The molecule has 1 saturated heterocycles. The van der Waals surface area contributed by atoms with Crippen LogP contribution in [0.5, 0.6) is 5.75 Å². The third-order valence-electron chi connectivity index (χ3n) is 3.19. The lowest BCUT2D eigenvalue weighted by atomic mass is 10.1. The molecule has 0 bridgehead atoms. The van der Waals surface area contributed by atoms with Crippen LogP contribution in [-0.2, 0) is 0 Å². The van der Waals surface area contributed by atoms with E-state index < -0.39 is 0 Å². The number of nitrogens with zero attached hydrogens (tertiary/aromatic N) is 4. The number of anilines is 1. The molecule has 0 amide bonds. The molecule has 2 aromatic heterocycles. The van der Waals surface area contributed by atoms with Crippen LogP contribution in [0.3, 0.4) is 0 Å². The molecule has 0 aliphatic carbocycles. The molecule has 0 atom stereocenters. The fourth-order valence-corrected chi connectivity index (χ4v) is 2.15. The van der Waals surface area contributed by atoms with Crippen molar-refractivity contribution < 1.29 is 4.74 Å². The van der Waals surface area contributed by atoms with E-state index in [9.17, 15) is 0 Å². The molecule has 3 heterocycles. The number of hydrogen-bond donors (Lipinski definition) is 0. The smallest absolute Gasteiger partial charge is 0.142 e. The molecule has 3 rings (SSSR count). The van der Waals surface area contributed by atoms with Crippen LogP contribution in [0.25, 0.3) is 0 Å². The molecule has 100 valence electrons. The molecule has 1 fully saturated rings. The maximum absolute atomic E-state index is 8.85. The summed E-state index contributed by atoms with van der Waals surface area (Å²) in [6.07, 6.45) is 1.91. The summed E-state index contributed by atoms with van der Waals surface area (Å²) in [4.78, 5) is 10.5. The van der Waals surface area contributed by atoms with Crippen LogP contribution in [0, 0.1) is 18.3 Å². The number of ether oxygens (including phenoxy) is 1. The summed E-state index contributed by atoms with van der Waals surface area (Å²) in [6.45, 7) is 3.50. The SMILES string of the molecule is Cc1cc(OC2CN(c3cccc(C#N)n3)C2)ccn1. The van der Waals surface area contributed by atoms with E-state index in [4.69, 9.17) is 10.00 Å². The largest absolute Gasteiger partial charge is 0.487 e. The van der Waals surface area contributed by atoms with Crippen LogP contribution >= 0.6 is 0 Å². The van der Waals surface area contributed by atoms with Gasteiger partial charge in [-0.3, -0.25) is 4.98 Å². The Morgan fingerprint density at radius 1 is 1.35 bits per heavy atom. The maximum atomic E-state index is 8.85. The van der Waals surface area contributed by atoms with Crippen molar-refractivity contribution in [2.24, 2.45) is 0 Å². The standard InChI is InChI=1S/C15H14N4O/c1-11-7-13(5-6-17-11)20-14-9-19(10-14)15-4-2-3-12(8-16)18-15/h2-7,14H,9-10H2,1H3. The zero-order chi connectivity index (χ0) is 13.9. The Morgan fingerprint density at radius 3 is 2.95 bits per heavy atom. The van der Waals surface area contributed by atoms with Crippen molar-refractivity contribution in [1.82, 2.24) is 9.97 Å². The Hall–Kier alpha value is -2.61. The van der Waals surface area contributed by atoms with Crippen molar-refractivity contribution in [2.75, 3.05) is 18.0 Å². The van der Waals surface area contributed by atoms with Gasteiger partial charge < -0.3 is 9.64 Å². The van der Waals surface area contributed by atoms with Crippen molar-refractivity contribution in [3.63, 3.8) is 0 Å². The van der Waals surface area contributed by atoms with Crippen molar-refractivity contribution >= 4 is 5.82 Å². The van der Waals surface area contributed by atoms with Crippen LogP contribution in [0.1, 0.15) is 11.4 Å². The summed E-state index contributed by atoms with van der Waals surface area (Å²) in [5.74, 6) is 1.68. The second-order valence-electron chi connectivity index (χ2n) is 4.77. The van der Waals surface area contributed by atoms with E-state index in [0.717, 1.165) is 30.4 Å². The molecule has 0 aromatic carbocycles. The molecule has 5 heteroatoms. The summed E-state index contributed by atoms with van der Waals surface area (Å²) in [5, 5.41) is 8.85. The van der Waals surface area contributed by atoms with Gasteiger partial charge in [0, 0.05) is 18.0 Å². The third kappa shape index (κ3) is 2.54. The molecule has 1 aliphatic rings. The highest BCUT2D eigenvalue weighted by atomic mass is 16.5. The van der Waals surface area contributed by atoms with E-state index in [2.05, 4.69) is 20.9 Å². The van der Waals surface area contributed by atoms with Gasteiger partial charge in [-0.1, -0.05) is 6.07 Å². The van der Waals surface area contributed by atoms with E-state index in [1.165, 1.54) is 0 Å². The predicted molar refractivity (Wildman–Crippen MR) is 74.6 cm³/mol. The first-order valence-electron chi connectivity index (χ1n) is 6.46. The zero-order valence-corrected chi connectivity index (χ0v) is 11.2. The van der Waals surface area contributed by atoms with Gasteiger partial charge in [-0.2, -0.15) is 5.26 Å². The molecule has 0 spiro atoms. The van der Waals surface area contributed by atoms with Gasteiger partial charge in [-0.15, -0.1) is 0 Å². The fourth-order valence-electron chi connectivity index (χ4n) is 2.15. The molecule has 2 aromatic rings. The van der Waals surface area contributed by atoms with Gasteiger partial charge >= 0.3 is 0 Å². The summed E-state index contributed by atoms with van der Waals surface area (Å²) in [5.41, 5.74) is 1.39. The van der Waals surface area contributed by atoms with E-state index >= 15 is 0 Å². The molecular formula is C15H14N4O. The number of hydrogen-bond acceptors (Lipinski definition) is 5. The normalized spacial score (nSPS) is 14.5. The monoisotopic (exact) mass is 266 g/mol. The van der Waals surface area contributed by atoms with E-state index in [1.54, 1.807) is 12.3 Å². The number of aromatic nitrogens is 2. The summed E-state index contributed by atoms with van der Waals surface area (Å²) < 4.78 is 5.86. The first-order chi connectivity index (χ1) is 9.74. The van der Waals surface area contributed by atoms with Gasteiger partial charge in [-0.25, -0.2) is 4.98 Å². The Labute approximate surface area is 117 Å². The van der Waals surface area contributed by atoms with Crippen molar-refractivity contribution in [3.05, 3.63) is 47.9 Å². The van der Waals surface area contributed by atoms with Crippen molar-refractivity contribution in [3.8, 4) is 11.8 Å². The highest BCUT2D eigenvalue weighted by Crippen LogP contribution is 2.22. The van der Waals surface area contributed by atoms with Gasteiger partial charge in [0.1, 0.15) is 29.4 Å². The van der Waals surface area contributed by atoms with Crippen LogP contribution in [-0.4, -0.2) is 29.2 Å².